The van der Waals surface area contributed by atoms with Crippen LogP contribution >= 0.6 is 0 Å². The molecule has 29 heavy (non-hydrogen) atoms. The summed E-state index contributed by atoms with van der Waals surface area (Å²) in [6, 6.07) is 5.74. The van der Waals surface area contributed by atoms with E-state index < -0.39 is 5.82 Å². The molecule has 0 aromatic heterocycles. The van der Waals surface area contributed by atoms with E-state index in [1.165, 1.54) is 18.2 Å². The van der Waals surface area contributed by atoms with Gasteiger partial charge in [-0.2, -0.15) is 0 Å². The maximum atomic E-state index is 13.2. The average Bonchev–Trinajstić information content (AvgIpc) is 3.25. The monoisotopic (exact) mass is 405 g/mol. The molecule has 9 heteroatoms. The number of piperazine rings is 1. The molecule has 2 saturated heterocycles. The number of nitrogens with zero attached hydrogens (tertiary/aromatic N) is 3. The van der Waals surface area contributed by atoms with Crippen molar-refractivity contribution in [3.05, 3.63) is 30.1 Å². The normalized spacial score (nSPS) is 19.9. The minimum atomic E-state index is -0.407. The standard InChI is InChI=1S/C20H28FN5O3/c1-2-22-20(23-14-18(27)24-16-6-3-5-15(21)13-16)26-10-8-25(9-11-26)19(28)17-7-4-12-29-17/h3,5-6,13,17H,2,4,7-12,14H2,1H3,(H,22,23)(H,24,27). The lowest BCUT2D eigenvalue weighted by atomic mass is 10.2. The van der Waals surface area contributed by atoms with E-state index in [4.69, 9.17) is 4.74 Å². The van der Waals surface area contributed by atoms with Gasteiger partial charge in [-0.25, -0.2) is 9.38 Å². The van der Waals surface area contributed by atoms with E-state index in [2.05, 4.69) is 15.6 Å². The zero-order valence-corrected chi connectivity index (χ0v) is 16.7. The number of rotatable bonds is 5. The number of ether oxygens (including phenoxy) is 1. The highest BCUT2D eigenvalue weighted by Crippen LogP contribution is 2.16. The Hall–Kier alpha value is -2.68. The van der Waals surface area contributed by atoms with Crippen LogP contribution in [0.4, 0.5) is 10.1 Å². The van der Waals surface area contributed by atoms with Crippen molar-refractivity contribution in [3.63, 3.8) is 0 Å². The molecule has 2 aliphatic heterocycles. The number of aliphatic imine (C=N–C) groups is 1. The molecule has 3 rings (SSSR count). The van der Waals surface area contributed by atoms with Gasteiger partial charge in [0.15, 0.2) is 5.96 Å². The lowest BCUT2D eigenvalue weighted by molar-refractivity contribution is -0.142. The van der Waals surface area contributed by atoms with Gasteiger partial charge in [-0.3, -0.25) is 9.59 Å². The Morgan fingerprint density at radius 2 is 2.00 bits per heavy atom. The second-order valence-corrected chi connectivity index (χ2v) is 7.04. The Bertz CT molecular complexity index is 743. The number of benzene rings is 1. The van der Waals surface area contributed by atoms with Crippen molar-refractivity contribution in [2.24, 2.45) is 4.99 Å². The van der Waals surface area contributed by atoms with Crippen LogP contribution in [0.25, 0.3) is 0 Å². The SMILES string of the molecule is CCNC(=NCC(=O)Nc1cccc(F)c1)N1CCN(C(=O)C2CCCO2)CC1. The lowest BCUT2D eigenvalue weighted by Gasteiger charge is -2.37. The van der Waals surface area contributed by atoms with Gasteiger partial charge in [-0.05, 0) is 38.0 Å². The summed E-state index contributed by atoms with van der Waals surface area (Å²) in [6.07, 6.45) is 1.43. The van der Waals surface area contributed by atoms with Crippen LogP contribution in [0.5, 0.6) is 0 Å². The number of nitrogens with one attached hydrogen (secondary N) is 2. The largest absolute Gasteiger partial charge is 0.368 e. The maximum Gasteiger partial charge on any atom is 0.251 e. The lowest BCUT2D eigenvalue weighted by Crippen LogP contribution is -2.55. The molecule has 1 atom stereocenters. The molecule has 0 aliphatic carbocycles. The van der Waals surface area contributed by atoms with Gasteiger partial charge >= 0.3 is 0 Å². The summed E-state index contributed by atoms with van der Waals surface area (Å²) < 4.78 is 18.7. The van der Waals surface area contributed by atoms with E-state index in [9.17, 15) is 14.0 Å². The third kappa shape index (κ3) is 5.90. The van der Waals surface area contributed by atoms with Gasteiger partial charge in [0.25, 0.3) is 5.91 Å². The van der Waals surface area contributed by atoms with E-state index in [0.717, 1.165) is 12.8 Å². The van der Waals surface area contributed by atoms with Crippen LogP contribution in [0.3, 0.4) is 0 Å². The van der Waals surface area contributed by atoms with Gasteiger partial charge in [-0.15, -0.1) is 0 Å². The molecule has 2 amide bonds. The van der Waals surface area contributed by atoms with Gasteiger partial charge in [0.05, 0.1) is 0 Å². The first kappa shape index (κ1) is 21.0. The number of hydrogen-bond acceptors (Lipinski definition) is 4. The van der Waals surface area contributed by atoms with E-state index in [-0.39, 0.29) is 24.5 Å². The van der Waals surface area contributed by atoms with Gasteiger partial charge in [0.1, 0.15) is 18.5 Å². The first-order chi connectivity index (χ1) is 14.1. The summed E-state index contributed by atoms with van der Waals surface area (Å²) >= 11 is 0. The molecule has 2 aliphatic rings. The molecule has 158 valence electrons. The highest BCUT2D eigenvalue weighted by atomic mass is 19.1. The number of anilines is 1. The Balaban J connectivity index is 1.52. The van der Waals surface area contributed by atoms with Crippen LogP contribution in [0.1, 0.15) is 19.8 Å². The van der Waals surface area contributed by atoms with E-state index in [1.807, 2.05) is 16.7 Å². The summed E-state index contributed by atoms with van der Waals surface area (Å²) in [6.45, 7) is 5.67. The van der Waals surface area contributed by atoms with Crippen LogP contribution in [0, 0.1) is 5.82 Å². The van der Waals surface area contributed by atoms with E-state index in [0.29, 0.717) is 51.0 Å². The molecule has 0 saturated carbocycles. The first-order valence-corrected chi connectivity index (χ1v) is 10.1. The zero-order valence-electron chi connectivity index (χ0n) is 16.7. The fraction of sp³-hybridized carbons (Fsp3) is 0.550. The van der Waals surface area contributed by atoms with Crippen molar-refractivity contribution in [3.8, 4) is 0 Å². The van der Waals surface area contributed by atoms with Gasteiger partial charge < -0.3 is 25.2 Å². The predicted molar refractivity (Wildman–Crippen MR) is 108 cm³/mol. The molecule has 1 aromatic rings. The summed E-state index contributed by atoms with van der Waals surface area (Å²) in [5.41, 5.74) is 0.399. The van der Waals surface area contributed by atoms with Crippen molar-refractivity contribution in [1.29, 1.82) is 0 Å². The molecule has 2 fully saturated rings. The predicted octanol–water partition coefficient (Wildman–Crippen LogP) is 1.05. The maximum absolute atomic E-state index is 13.2. The molecule has 1 unspecified atom stereocenters. The summed E-state index contributed by atoms with van der Waals surface area (Å²) in [5, 5.41) is 5.82. The topological polar surface area (TPSA) is 86.3 Å². The number of hydrogen-bond donors (Lipinski definition) is 2. The average molecular weight is 405 g/mol. The second kappa shape index (κ2) is 10.2. The molecule has 0 spiro atoms. The third-order valence-corrected chi connectivity index (χ3v) is 4.91. The quantitative estimate of drug-likeness (QED) is 0.565. The molecule has 0 bridgehead atoms. The van der Waals surface area contributed by atoms with Crippen LogP contribution in [0.2, 0.25) is 0 Å². The molecule has 2 N–H and O–H groups in total. The Labute approximate surface area is 170 Å². The Kier molecular flexibility index (Phi) is 7.40. The fourth-order valence-corrected chi connectivity index (χ4v) is 3.45. The molecule has 8 nitrogen and oxygen atoms in total. The summed E-state index contributed by atoms with van der Waals surface area (Å²) in [5.74, 6) is -0.0297. The van der Waals surface area contributed by atoms with Gasteiger partial charge in [0, 0.05) is 45.0 Å². The molecule has 1 aromatic carbocycles. The first-order valence-electron chi connectivity index (χ1n) is 10.1. The minimum Gasteiger partial charge on any atom is -0.368 e. The Morgan fingerprint density at radius 3 is 2.66 bits per heavy atom. The Morgan fingerprint density at radius 1 is 1.24 bits per heavy atom. The number of carbonyl (C=O) groups excluding carboxylic acids is 2. The van der Waals surface area contributed by atoms with Gasteiger partial charge in [-0.1, -0.05) is 6.07 Å². The second-order valence-electron chi connectivity index (χ2n) is 7.04. The zero-order chi connectivity index (χ0) is 20.6. The van der Waals surface area contributed by atoms with Crippen molar-refractivity contribution in [2.75, 3.05) is 51.2 Å². The van der Waals surface area contributed by atoms with E-state index >= 15 is 0 Å². The third-order valence-electron chi connectivity index (χ3n) is 4.91. The number of amides is 2. The molecule has 0 radical (unpaired) electrons. The van der Waals surface area contributed by atoms with Crippen LogP contribution in [-0.2, 0) is 14.3 Å². The van der Waals surface area contributed by atoms with Crippen LogP contribution in [-0.4, -0.2) is 79.6 Å². The van der Waals surface area contributed by atoms with Crippen molar-refractivity contribution >= 4 is 23.5 Å². The van der Waals surface area contributed by atoms with Gasteiger partial charge in [0.2, 0.25) is 5.91 Å². The summed E-state index contributed by atoms with van der Waals surface area (Å²) in [4.78, 5) is 32.9. The van der Waals surface area contributed by atoms with Crippen LogP contribution in [0.15, 0.2) is 29.3 Å². The van der Waals surface area contributed by atoms with Crippen LogP contribution < -0.4 is 10.6 Å². The van der Waals surface area contributed by atoms with Crippen molar-refractivity contribution < 1.29 is 18.7 Å². The van der Waals surface area contributed by atoms with Crippen molar-refractivity contribution in [2.45, 2.75) is 25.9 Å². The molecule has 2 heterocycles. The molecular weight excluding hydrogens is 377 g/mol. The summed E-state index contributed by atoms with van der Waals surface area (Å²) in [7, 11) is 0. The van der Waals surface area contributed by atoms with E-state index in [1.54, 1.807) is 6.07 Å². The molecular formula is C20H28FN5O3. The number of guanidine groups is 1. The fourth-order valence-electron chi connectivity index (χ4n) is 3.45. The number of carbonyl (C=O) groups is 2. The minimum absolute atomic E-state index is 0.0681. The number of halogens is 1. The highest BCUT2D eigenvalue weighted by Gasteiger charge is 2.30. The van der Waals surface area contributed by atoms with Crippen molar-refractivity contribution in [1.82, 2.24) is 15.1 Å². The smallest absolute Gasteiger partial charge is 0.251 e. The highest BCUT2D eigenvalue weighted by molar-refractivity contribution is 5.94.